The predicted octanol–water partition coefficient (Wildman–Crippen LogP) is 0.0720. The van der Waals surface area contributed by atoms with Crippen LogP contribution in [-0.2, 0) is 16.6 Å². The summed E-state index contributed by atoms with van der Waals surface area (Å²) in [4.78, 5) is 21.5. The first-order valence-corrected chi connectivity index (χ1v) is 4.47. The summed E-state index contributed by atoms with van der Waals surface area (Å²) in [5, 5.41) is 15.2. The highest BCUT2D eigenvalue weighted by Crippen LogP contribution is 2.15. The normalized spacial score (nSPS) is 12.1. The van der Waals surface area contributed by atoms with Crippen molar-refractivity contribution in [3.63, 3.8) is 0 Å². The third kappa shape index (κ3) is 3.08. The van der Waals surface area contributed by atoms with Crippen LogP contribution >= 0.6 is 0 Å². The standard InChI is InChI=1S/C9H13N3O3/c1-6(13)11-7(5-9(14)15)8-3-4-10-12(8)2/h3-4,7H,5H2,1-2H3,(H,11,13)(H,14,15). The predicted molar refractivity (Wildman–Crippen MR) is 52.0 cm³/mol. The second-order valence-corrected chi connectivity index (χ2v) is 3.23. The van der Waals surface area contributed by atoms with Gasteiger partial charge in [-0.1, -0.05) is 0 Å². The summed E-state index contributed by atoms with van der Waals surface area (Å²) in [6.07, 6.45) is 1.41. The molecule has 1 unspecified atom stereocenters. The molecule has 0 bridgehead atoms. The van der Waals surface area contributed by atoms with Crippen LogP contribution in [0.4, 0.5) is 0 Å². The van der Waals surface area contributed by atoms with E-state index in [2.05, 4.69) is 10.4 Å². The maximum atomic E-state index is 10.9. The van der Waals surface area contributed by atoms with Crippen molar-refractivity contribution in [2.45, 2.75) is 19.4 Å². The molecule has 1 amide bonds. The van der Waals surface area contributed by atoms with Crippen molar-refractivity contribution in [1.29, 1.82) is 0 Å². The lowest BCUT2D eigenvalue weighted by Gasteiger charge is -2.15. The number of amides is 1. The van der Waals surface area contributed by atoms with Crippen molar-refractivity contribution in [2.24, 2.45) is 7.05 Å². The number of carboxylic acid groups (broad SMARTS) is 1. The van der Waals surface area contributed by atoms with E-state index in [-0.39, 0.29) is 12.3 Å². The number of carbonyl (C=O) groups excluding carboxylic acids is 1. The van der Waals surface area contributed by atoms with Crippen LogP contribution in [0.2, 0.25) is 0 Å². The number of carboxylic acids is 1. The maximum absolute atomic E-state index is 10.9. The molecule has 6 heteroatoms. The van der Waals surface area contributed by atoms with Crippen molar-refractivity contribution in [3.05, 3.63) is 18.0 Å². The lowest BCUT2D eigenvalue weighted by atomic mass is 10.1. The zero-order chi connectivity index (χ0) is 11.4. The van der Waals surface area contributed by atoms with Gasteiger partial charge in [0.05, 0.1) is 18.2 Å². The van der Waals surface area contributed by atoms with Crippen molar-refractivity contribution in [1.82, 2.24) is 15.1 Å². The van der Waals surface area contributed by atoms with E-state index in [9.17, 15) is 9.59 Å². The minimum atomic E-state index is -0.963. The SMILES string of the molecule is CC(=O)NC(CC(=O)O)c1ccnn1C. The second-order valence-electron chi connectivity index (χ2n) is 3.23. The zero-order valence-corrected chi connectivity index (χ0v) is 8.60. The topological polar surface area (TPSA) is 84.2 Å². The van der Waals surface area contributed by atoms with Crippen LogP contribution in [0.5, 0.6) is 0 Å². The van der Waals surface area contributed by atoms with E-state index in [0.717, 1.165) is 0 Å². The van der Waals surface area contributed by atoms with E-state index in [1.165, 1.54) is 6.92 Å². The average molecular weight is 211 g/mol. The Labute approximate surface area is 86.9 Å². The molecule has 0 aliphatic carbocycles. The molecule has 1 rings (SSSR count). The van der Waals surface area contributed by atoms with Crippen LogP contribution in [0.15, 0.2) is 12.3 Å². The Morgan fingerprint density at radius 3 is 2.73 bits per heavy atom. The van der Waals surface area contributed by atoms with Gasteiger partial charge in [0.2, 0.25) is 5.91 Å². The number of hydrogen-bond acceptors (Lipinski definition) is 3. The molecule has 1 aromatic heterocycles. The van der Waals surface area contributed by atoms with E-state index in [0.29, 0.717) is 5.69 Å². The molecular formula is C9H13N3O3. The van der Waals surface area contributed by atoms with Crippen LogP contribution in [0.25, 0.3) is 0 Å². The minimum absolute atomic E-state index is 0.154. The van der Waals surface area contributed by atoms with E-state index in [4.69, 9.17) is 5.11 Å². The highest BCUT2D eigenvalue weighted by molar-refractivity contribution is 5.75. The van der Waals surface area contributed by atoms with E-state index < -0.39 is 12.0 Å². The Morgan fingerprint density at radius 1 is 1.67 bits per heavy atom. The van der Waals surface area contributed by atoms with Gasteiger partial charge in [-0.25, -0.2) is 0 Å². The third-order valence-electron chi connectivity index (χ3n) is 1.97. The highest BCUT2D eigenvalue weighted by Gasteiger charge is 2.19. The molecule has 0 spiro atoms. The summed E-state index contributed by atoms with van der Waals surface area (Å²) < 4.78 is 1.55. The number of hydrogen-bond donors (Lipinski definition) is 2. The number of rotatable bonds is 4. The molecule has 0 radical (unpaired) electrons. The quantitative estimate of drug-likeness (QED) is 0.738. The van der Waals surface area contributed by atoms with Gasteiger partial charge in [0, 0.05) is 20.2 Å². The smallest absolute Gasteiger partial charge is 0.305 e. The second kappa shape index (κ2) is 4.59. The first-order valence-electron chi connectivity index (χ1n) is 4.47. The molecule has 0 saturated heterocycles. The molecule has 1 atom stereocenters. The summed E-state index contributed by atoms with van der Waals surface area (Å²) in [6, 6.07) is 1.15. The van der Waals surface area contributed by atoms with Gasteiger partial charge in [-0.05, 0) is 6.07 Å². The summed E-state index contributed by atoms with van der Waals surface area (Å²) >= 11 is 0. The molecule has 0 saturated carbocycles. The largest absolute Gasteiger partial charge is 0.481 e. The monoisotopic (exact) mass is 211 g/mol. The van der Waals surface area contributed by atoms with Crippen LogP contribution < -0.4 is 5.32 Å². The Kier molecular flexibility index (Phi) is 3.43. The van der Waals surface area contributed by atoms with Crippen molar-refractivity contribution >= 4 is 11.9 Å². The number of aryl methyl sites for hydroxylation is 1. The summed E-state index contributed by atoms with van der Waals surface area (Å²) in [6.45, 7) is 1.35. The molecule has 15 heavy (non-hydrogen) atoms. The molecule has 0 fully saturated rings. The Hall–Kier alpha value is -1.85. The van der Waals surface area contributed by atoms with Gasteiger partial charge in [-0.15, -0.1) is 0 Å². The fraction of sp³-hybridized carbons (Fsp3) is 0.444. The minimum Gasteiger partial charge on any atom is -0.481 e. The lowest BCUT2D eigenvalue weighted by Crippen LogP contribution is -2.29. The maximum Gasteiger partial charge on any atom is 0.305 e. The van der Waals surface area contributed by atoms with Gasteiger partial charge in [-0.3, -0.25) is 14.3 Å². The van der Waals surface area contributed by atoms with Crippen molar-refractivity contribution in [3.8, 4) is 0 Å². The van der Waals surface area contributed by atoms with Gasteiger partial charge in [-0.2, -0.15) is 5.10 Å². The number of aliphatic carboxylic acids is 1. The van der Waals surface area contributed by atoms with Gasteiger partial charge >= 0.3 is 5.97 Å². The number of nitrogens with zero attached hydrogens (tertiary/aromatic N) is 2. The van der Waals surface area contributed by atoms with Crippen molar-refractivity contribution < 1.29 is 14.7 Å². The van der Waals surface area contributed by atoms with Crippen molar-refractivity contribution in [2.75, 3.05) is 0 Å². The summed E-state index contributed by atoms with van der Waals surface area (Å²) in [7, 11) is 1.70. The van der Waals surface area contributed by atoms with E-state index >= 15 is 0 Å². The molecule has 82 valence electrons. The molecular weight excluding hydrogens is 198 g/mol. The average Bonchev–Trinajstić information content (AvgIpc) is 2.48. The summed E-state index contributed by atoms with van der Waals surface area (Å²) in [5.74, 6) is -1.22. The van der Waals surface area contributed by atoms with Gasteiger partial charge in [0.25, 0.3) is 0 Å². The van der Waals surface area contributed by atoms with E-state index in [1.54, 1.807) is 24.0 Å². The molecule has 6 nitrogen and oxygen atoms in total. The molecule has 0 aliphatic rings. The van der Waals surface area contributed by atoms with Crippen LogP contribution in [-0.4, -0.2) is 26.8 Å². The van der Waals surface area contributed by atoms with Gasteiger partial charge in [0.15, 0.2) is 0 Å². The lowest BCUT2D eigenvalue weighted by molar-refractivity contribution is -0.137. The number of nitrogens with one attached hydrogen (secondary N) is 1. The molecule has 0 aromatic carbocycles. The molecule has 1 aromatic rings. The number of carbonyl (C=O) groups is 2. The Bertz CT molecular complexity index is 356. The first-order chi connectivity index (χ1) is 7.00. The Morgan fingerprint density at radius 2 is 2.33 bits per heavy atom. The summed E-state index contributed by atoms with van der Waals surface area (Å²) in [5.41, 5.74) is 0.674. The van der Waals surface area contributed by atoms with Gasteiger partial charge in [0.1, 0.15) is 0 Å². The third-order valence-corrected chi connectivity index (χ3v) is 1.97. The highest BCUT2D eigenvalue weighted by atomic mass is 16.4. The zero-order valence-electron chi connectivity index (χ0n) is 8.60. The molecule has 2 N–H and O–H groups in total. The molecule has 0 aliphatic heterocycles. The first kappa shape index (κ1) is 11.2. The number of aromatic nitrogens is 2. The fourth-order valence-corrected chi connectivity index (χ4v) is 1.38. The van der Waals surface area contributed by atoms with Crippen LogP contribution in [0, 0.1) is 0 Å². The van der Waals surface area contributed by atoms with Crippen LogP contribution in [0.3, 0.4) is 0 Å². The molecule has 1 heterocycles. The van der Waals surface area contributed by atoms with E-state index in [1.807, 2.05) is 0 Å². The Balaban J connectivity index is 2.85. The van der Waals surface area contributed by atoms with Gasteiger partial charge < -0.3 is 10.4 Å². The fourth-order valence-electron chi connectivity index (χ4n) is 1.38. The van der Waals surface area contributed by atoms with Crippen LogP contribution in [0.1, 0.15) is 25.1 Å².